The molecule has 0 amide bonds. The highest BCUT2D eigenvalue weighted by Crippen LogP contribution is 2.05. The van der Waals surface area contributed by atoms with E-state index < -0.39 is 0 Å². The molecule has 0 spiro atoms. The second-order valence-corrected chi connectivity index (χ2v) is 5.74. The molecule has 0 saturated heterocycles. The van der Waals surface area contributed by atoms with Gasteiger partial charge in [-0.1, -0.05) is 6.07 Å². The summed E-state index contributed by atoms with van der Waals surface area (Å²) in [5, 5.41) is 15.1. The average Bonchev–Trinajstić information content (AvgIpc) is 3.04. The molecule has 0 unspecified atom stereocenters. The van der Waals surface area contributed by atoms with E-state index >= 15 is 0 Å². The van der Waals surface area contributed by atoms with Crippen LogP contribution in [-0.2, 0) is 11.2 Å². The second kappa shape index (κ2) is 11.4. The average molecular weight is 346 g/mol. The summed E-state index contributed by atoms with van der Waals surface area (Å²) in [5.41, 5.74) is 0.892. The molecule has 25 heavy (non-hydrogen) atoms. The molecule has 2 aromatic rings. The van der Waals surface area contributed by atoms with Crippen LogP contribution >= 0.6 is 0 Å². The topological polar surface area (TPSA) is 75.8 Å². The Hall–Kier alpha value is -2.15. The van der Waals surface area contributed by atoms with Crippen LogP contribution in [0.25, 0.3) is 5.65 Å². The highest BCUT2D eigenvalue weighted by Gasteiger charge is 2.04. The lowest BCUT2D eigenvalue weighted by Crippen LogP contribution is -2.38. The molecule has 138 valence electrons. The second-order valence-electron chi connectivity index (χ2n) is 5.74. The van der Waals surface area contributed by atoms with E-state index in [2.05, 4.69) is 32.7 Å². The summed E-state index contributed by atoms with van der Waals surface area (Å²) in [6.07, 6.45) is 5.96. The van der Waals surface area contributed by atoms with Gasteiger partial charge in [0.2, 0.25) is 0 Å². The first kappa shape index (κ1) is 19.2. The van der Waals surface area contributed by atoms with Gasteiger partial charge in [-0.25, -0.2) is 0 Å². The Morgan fingerprint density at radius 1 is 1.16 bits per heavy atom. The van der Waals surface area contributed by atoms with Crippen molar-refractivity contribution in [3.8, 4) is 0 Å². The number of rotatable bonds is 11. The van der Waals surface area contributed by atoms with E-state index in [0.717, 1.165) is 76.0 Å². The number of aliphatic imine (C=N–C) groups is 1. The Kier molecular flexibility index (Phi) is 8.75. The summed E-state index contributed by atoms with van der Waals surface area (Å²) in [4.78, 5) is 4.63. The van der Waals surface area contributed by atoms with Gasteiger partial charge in [0.1, 0.15) is 5.82 Å². The van der Waals surface area contributed by atoms with Gasteiger partial charge >= 0.3 is 0 Å². The van der Waals surface area contributed by atoms with Gasteiger partial charge in [0, 0.05) is 45.5 Å². The van der Waals surface area contributed by atoms with E-state index in [1.54, 1.807) is 0 Å². The SMILES string of the molecule is CCNC(=NCCCc1nnc2ccccn12)NCCCCOCC. The monoisotopic (exact) mass is 346 g/mol. The summed E-state index contributed by atoms with van der Waals surface area (Å²) >= 11 is 0. The Morgan fingerprint density at radius 2 is 2.08 bits per heavy atom. The molecule has 0 aliphatic heterocycles. The number of nitrogens with one attached hydrogen (secondary N) is 2. The fourth-order valence-corrected chi connectivity index (χ4v) is 2.51. The summed E-state index contributed by atoms with van der Waals surface area (Å²) in [7, 11) is 0. The van der Waals surface area contributed by atoms with Crippen molar-refractivity contribution < 1.29 is 4.74 Å². The van der Waals surface area contributed by atoms with E-state index in [-0.39, 0.29) is 0 Å². The van der Waals surface area contributed by atoms with Crippen LogP contribution in [-0.4, -0.2) is 53.4 Å². The van der Waals surface area contributed by atoms with Crippen LogP contribution in [0.5, 0.6) is 0 Å². The van der Waals surface area contributed by atoms with Gasteiger partial charge in [0.05, 0.1) is 0 Å². The number of aryl methyl sites for hydroxylation is 1. The molecular formula is C18H30N6O. The van der Waals surface area contributed by atoms with Crippen molar-refractivity contribution in [3.05, 3.63) is 30.2 Å². The van der Waals surface area contributed by atoms with Crippen molar-refractivity contribution in [2.24, 2.45) is 4.99 Å². The number of nitrogens with zero attached hydrogens (tertiary/aromatic N) is 4. The Morgan fingerprint density at radius 3 is 2.92 bits per heavy atom. The van der Waals surface area contributed by atoms with Crippen molar-refractivity contribution in [3.63, 3.8) is 0 Å². The smallest absolute Gasteiger partial charge is 0.191 e. The van der Waals surface area contributed by atoms with Crippen LogP contribution in [0.4, 0.5) is 0 Å². The summed E-state index contributed by atoms with van der Waals surface area (Å²) in [5.74, 6) is 1.87. The van der Waals surface area contributed by atoms with Crippen molar-refractivity contribution in [2.45, 2.75) is 39.5 Å². The van der Waals surface area contributed by atoms with Crippen molar-refractivity contribution in [2.75, 3.05) is 32.8 Å². The van der Waals surface area contributed by atoms with Gasteiger partial charge in [-0.15, -0.1) is 10.2 Å². The molecule has 0 bridgehead atoms. The molecule has 0 fully saturated rings. The fourth-order valence-electron chi connectivity index (χ4n) is 2.51. The zero-order valence-electron chi connectivity index (χ0n) is 15.4. The number of guanidine groups is 1. The fraction of sp³-hybridized carbons (Fsp3) is 0.611. The van der Waals surface area contributed by atoms with Gasteiger partial charge in [-0.05, 0) is 45.2 Å². The molecule has 0 aliphatic carbocycles. The highest BCUT2D eigenvalue weighted by molar-refractivity contribution is 5.79. The molecule has 0 atom stereocenters. The normalized spacial score (nSPS) is 11.8. The van der Waals surface area contributed by atoms with E-state index in [9.17, 15) is 0 Å². The highest BCUT2D eigenvalue weighted by atomic mass is 16.5. The lowest BCUT2D eigenvalue weighted by molar-refractivity contribution is 0.143. The number of pyridine rings is 1. The van der Waals surface area contributed by atoms with Crippen LogP contribution in [0.1, 0.15) is 38.9 Å². The van der Waals surface area contributed by atoms with Crippen molar-refractivity contribution >= 4 is 11.6 Å². The first-order valence-corrected chi connectivity index (χ1v) is 9.23. The molecule has 0 radical (unpaired) electrons. The molecule has 2 rings (SSSR count). The van der Waals surface area contributed by atoms with Crippen LogP contribution in [0, 0.1) is 0 Å². The first-order chi connectivity index (χ1) is 12.3. The molecule has 0 saturated carbocycles. The first-order valence-electron chi connectivity index (χ1n) is 9.23. The van der Waals surface area contributed by atoms with Crippen LogP contribution < -0.4 is 10.6 Å². The van der Waals surface area contributed by atoms with Crippen molar-refractivity contribution in [1.82, 2.24) is 25.2 Å². The molecule has 2 aromatic heterocycles. The maximum Gasteiger partial charge on any atom is 0.191 e. The number of hydrogen-bond donors (Lipinski definition) is 2. The van der Waals surface area contributed by atoms with Crippen molar-refractivity contribution in [1.29, 1.82) is 0 Å². The Balaban J connectivity index is 1.71. The summed E-state index contributed by atoms with van der Waals surface area (Å²) in [6.45, 7) is 8.26. The van der Waals surface area contributed by atoms with Gasteiger partial charge in [-0.2, -0.15) is 0 Å². The maximum atomic E-state index is 5.35. The molecule has 0 aliphatic rings. The Bertz CT molecular complexity index is 639. The van der Waals surface area contributed by atoms with Crippen LogP contribution in [0.3, 0.4) is 0 Å². The van der Waals surface area contributed by atoms with Gasteiger partial charge in [-0.3, -0.25) is 9.39 Å². The lowest BCUT2D eigenvalue weighted by atomic mass is 10.3. The standard InChI is InChI=1S/C18H30N6O/c1-3-19-18(20-12-6-8-15-25-4-2)21-13-9-11-17-23-22-16-10-5-7-14-24(16)17/h5,7,10,14H,3-4,6,8-9,11-13,15H2,1-2H3,(H2,19,20,21). The summed E-state index contributed by atoms with van der Waals surface area (Å²) < 4.78 is 7.38. The zero-order valence-corrected chi connectivity index (χ0v) is 15.4. The van der Waals surface area contributed by atoms with Crippen LogP contribution in [0.2, 0.25) is 0 Å². The number of ether oxygens (including phenoxy) is 1. The zero-order chi connectivity index (χ0) is 17.7. The summed E-state index contributed by atoms with van der Waals surface area (Å²) in [6, 6.07) is 5.94. The third-order valence-corrected chi connectivity index (χ3v) is 3.77. The van der Waals surface area contributed by atoms with Gasteiger partial charge in [0.15, 0.2) is 11.6 Å². The van der Waals surface area contributed by atoms with Gasteiger partial charge in [0.25, 0.3) is 0 Å². The van der Waals surface area contributed by atoms with Crippen LogP contribution in [0.15, 0.2) is 29.4 Å². The molecule has 7 heteroatoms. The van der Waals surface area contributed by atoms with E-state index in [0.29, 0.717) is 0 Å². The van der Waals surface area contributed by atoms with E-state index in [1.807, 2.05) is 35.7 Å². The minimum atomic E-state index is 0.760. The molecule has 0 aromatic carbocycles. The number of unbranched alkanes of at least 4 members (excludes halogenated alkanes) is 1. The Labute approximate surface area is 149 Å². The lowest BCUT2D eigenvalue weighted by Gasteiger charge is -2.11. The maximum absolute atomic E-state index is 5.35. The molecular weight excluding hydrogens is 316 g/mol. The molecule has 2 N–H and O–H groups in total. The molecule has 7 nitrogen and oxygen atoms in total. The quantitative estimate of drug-likeness (QED) is 0.370. The third-order valence-electron chi connectivity index (χ3n) is 3.77. The predicted molar refractivity (Wildman–Crippen MR) is 101 cm³/mol. The third kappa shape index (κ3) is 6.70. The number of fused-ring (bicyclic) bond motifs is 1. The minimum absolute atomic E-state index is 0.760. The minimum Gasteiger partial charge on any atom is -0.382 e. The largest absolute Gasteiger partial charge is 0.382 e. The van der Waals surface area contributed by atoms with Gasteiger partial charge < -0.3 is 15.4 Å². The van der Waals surface area contributed by atoms with E-state index in [1.165, 1.54) is 0 Å². The predicted octanol–water partition coefficient (Wildman–Crippen LogP) is 2.03. The number of aromatic nitrogens is 3. The molecule has 2 heterocycles. The van der Waals surface area contributed by atoms with E-state index in [4.69, 9.17) is 4.74 Å². The number of hydrogen-bond acceptors (Lipinski definition) is 4.